The Morgan fingerprint density at radius 3 is 2.17 bits per heavy atom. The highest BCUT2D eigenvalue weighted by Crippen LogP contribution is 2.22. The first-order valence-electron chi connectivity index (χ1n) is 7.78. The third-order valence-corrected chi connectivity index (χ3v) is 3.36. The van der Waals surface area contributed by atoms with Crippen molar-refractivity contribution in [1.82, 2.24) is 10.6 Å². The second-order valence-corrected chi connectivity index (χ2v) is 5.29. The van der Waals surface area contributed by atoms with Gasteiger partial charge in [0.2, 0.25) is 11.8 Å². The molecule has 0 fully saturated rings. The second kappa shape index (κ2) is 10.5. The van der Waals surface area contributed by atoms with E-state index in [0.29, 0.717) is 31.0 Å². The number of hydrogen-bond acceptors (Lipinski definition) is 4. The zero-order chi connectivity index (χ0) is 17.1. The van der Waals surface area contributed by atoms with Gasteiger partial charge in [-0.05, 0) is 30.5 Å². The number of benzene rings is 1. The predicted octanol–water partition coefficient (Wildman–Crippen LogP) is 2.02. The van der Waals surface area contributed by atoms with Crippen molar-refractivity contribution in [2.75, 3.05) is 20.8 Å². The van der Waals surface area contributed by atoms with Crippen LogP contribution in [0.15, 0.2) is 18.2 Å². The van der Waals surface area contributed by atoms with Gasteiger partial charge in [0.25, 0.3) is 0 Å². The maximum Gasteiger partial charge on any atom is 0.220 e. The maximum atomic E-state index is 11.8. The Bertz CT molecular complexity index is 495. The minimum absolute atomic E-state index is 0.0172. The molecule has 6 nitrogen and oxygen atoms in total. The van der Waals surface area contributed by atoms with Gasteiger partial charge in [0, 0.05) is 32.5 Å². The van der Waals surface area contributed by atoms with Crippen LogP contribution in [-0.2, 0) is 16.1 Å². The molecule has 0 radical (unpaired) electrons. The molecule has 6 heteroatoms. The van der Waals surface area contributed by atoms with Gasteiger partial charge in [0.05, 0.1) is 14.2 Å². The van der Waals surface area contributed by atoms with Crippen LogP contribution >= 0.6 is 0 Å². The highest BCUT2D eigenvalue weighted by molar-refractivity contribution is 5.75. The van der Waals surface area contributed by atoms with E-state index in [1.807, 2.05) is 12.1 Å². The van der Waals surface area contributed by atoms with Gasteiger partial charge < -0.3 is 20.1 Å². The molecule has 2 N–H and O–H groups in total. The summed E-state index contributed by atoms with van der Waals surface area (Å²) in [6.07, 6.45) is 3.11. The van der Waals surface area contributed by atoms with E-state index in [1.54, 1.807) is 20.3 Å². The van der Waals surface area contributed by atoms with Crippen molar-refractivity contribution < 1.29 is 19.1 Å². The minimum atomic E-state index is -0.0172. The average molecular weight is 322 g/mol. The number of methoxy groups -OCH3 is 2. The largest absolute Gasteiger partial charge is 0.497 e. The number of nitrogens with one attached hydrogen (secondary N) is 2. The molecule has 0 atom stereocenters. The summed E-state index contributed by atoms with van der Waals surface area (Å²) in [5.41, 5.74) is 0.931. The molecule has 1 aromatic carbocycles. The number of carbonyl (C=O) groups excluding carboxylic acids is 2. The second-order valence-electron chi connectivity index (χ2n) is 5.29. The van der Waals surface area contributed by atoms with Crippen molar-refractivity contribution in [3.05, 3.63) is 23.8 Å². The molecule has 2 amide bonds. The molecule has 1 rings (SSSR count). The Morgan fingerprint density at radius 2 is 1.61 bits per heavy atom. The molecular weight excluding hydrogens is 296 g/mol. The third kappa shape index (κ3) is 8.09. The van der Waals surface area contributed by atoms with Crippen LogP contribution in [0.1, 0.15) is 38.2 Å². The van der Waals surface area contributed by atoms with Crippen molar-refractivity contribution in [1.29, 1.82) is 0 Å². The Hall–Kier alpha value is -2.24. The van der Waals surface area contributed by atoms with E-state index >= 15 is 0 Å². The zero-order valence-electron chi connectivity index (χ0n) is 14.1. The highest BCUT2D eigenvalue weighted by Gasteiger charge is 2.05. The molecule has 0 saturated heterocycles. The topological polar surface area (TPSA) is 76.7 Å². The fourth-order valence-electron chi connectivity index (χ4n) is 2.11. The van der Waals surface area contributed by atoms with E-state index in [4.69, 9.17) is 9.47 Å². The lowest BCUT2D eigenvalue weighted by atomic mass is 10.1. The van der Waals surface area contributed by atoms with Gasteiger partial charge in [-0.2, -0.15) is 0 Å². The van der Waals surface area contributed by atoms with Crippen molar-refractivity contribution in [2.24, 2.45) is 0 Å². The average Bonchev–Trinajstić information content (AvgIpc) is 2.55. The predicted molar refractivity (Wildman–Crippen MR) is 88.5 cm³/mol. The Morgan fingerprint density at radius 1 is 0.957 bits per heavy atom. The van der Waals surface area contributed by atoms with Crippen LogP contribution in [0.2, 0.25) is 0 Å². The van der Waals surface area contributed by atoms with E-state index in [9.17, 15) is 9.59 Å². The number of ether oxygens (including phenoxy) is 2. The molecule has 0 spiro atoms. The molecule has 0 bridgehead atoms. The van der Waals surface area contributed by atoms with Crippen LogP contribution in [0.5, 0.6) is 11.5 Å². The van der Waals surface area contributed by atoms with Crippen LogP contribution < -0.4 is 20.1 Å². The number of unbranched alkanes of at least 4 members (excludes halogenated alkanes) is 2. The number of carbonyl (C=O) groups is 2. The normalized spacial score (nSPS) is 10.0. The summed E-state index contributed by atoms with van der Waals surface area (Å²) >= 11 is 0. The molecule has 0 aromatic heterocycles. The smallest absolute Gasteiger partial charge is 0.220 e. The lowest BCUT2D eigenvalue weighted by Gasteiger charge is -2.09. The maximum absolute atomic E-state index is 11.8. The molecule has 1 aromatic rings. The fraction of sp³-hybridized carbons (Fsp3) is 0.529. The lowest BCUT2D eigenvalue weighted by Crippen LogP contribution is -2.23. The van der Waals surface area contributed by atoms with E-state index in [-0.39, 0.29) is 11.8 Å². The molecule has 0 unspecified atom stereocenters. The summed E-state index contributed by atoms with van der Waals surface area (Å²) in [5, 5.41) is 5.63. The van der Waals surface area contributed by atoms with Crippen LogP contribution in [0.4, 0.5) is 0 Å². The van der Waals surface area contributed by atoms with Crippen LogP contribution in [0.25, 0.3) is 0 Å². The molecule has 0 saturated carbocycles. The minimum Gasteiger partial charge on any atom is -0.497 e. The SMILES string of the molecule is COc1cc(CNC(=O)CCCCCNC(C)=O)cc(OC)c1. The van der Waals surface area contributed by atoms with E-state index in [1.165, 1.54) is 6.92 Å². The van der Waals surface area contributed by atoms with Gasteiger partial charge in [-0.25, -0.2) is 0 Å². The van der Waals surface area contributed by atoms with Crippen molar-refractivity contribution in [3.8, 4) is 11.5 Å². The van der Waals surface area contributed by atoms with Gasteiger partial charge >= 0.3 is 0 Å². The quantitative estimate of drug-likeness (QED) is 0.646. The first-order chi connectivity index (χ1) is 11.0. The molecule has 0 aliphatic rings. The summed E-state index contributed by atoms with van der Waals surface area (Å²) in [5.74, 6) is 1.40. The van der Waals surface area contributed by atoms with Crippen LogP contribution in [0, 0.1) is 0 Å². The Balaban J connectivity index is 2.26. The summed E-state index contributed by atoms with van der Waals surface area (Å²) < 4.78 is 10.4. The van der Waals surface area contributed by atoms with Gasteiger partial charge in [0.15, 0.2) is 0 Å². The highest BCUT2D eigenvalue weighted by atomic mass is 16.5. The van der Waals surface area contributed by atoms with Gasteiger partial charge in [0.1, 0.15) is 11.5 Å². The van der Waals surface area contributed by atoms with Gasteiger partial charge in [-0.1, -0.05) is 6.42 Å². The number of rotatable bonds is 10. The summed E-state index contributed by atoms with van der Waals surface area (Å²) in [6, 6.07) is 5.53. The monoisotopic (exact) mass is 322 g/mol. The Kier molecular flexibility index (Phi) is 8.57. The van der Waals surface area contributed by atoms with E-state index < -0.39 is 0 Å². The summed E-state index contributed by atoms with van der Waals surface area (Å²) in [7, 11) is 3.19. The molecule has 23 heavy (non-hydrogen) atoms. The Labute approximate surface area is 137 Å². The third-order valence-electron chi connectivity index (χ3n) is 3.36. The molecule has 128 valence electrons. The van der Waals surface area contributed by atoms with E-state index in [2.05, 4.69) is 10.6 Å². The fourth-order valence-corrected chi connectivity index (χ4v) is 2.11. The number of hydrogen-bond donors (Lipinski definition) is 2. The van der Waals surface area contributed by atoms with Crippen molar-refractivity contribution in [2.45, 2.75) is 39.2 Å². The molecule has 0 heterocycles. The summed E-state index contributed by atoms with van der Waals surface area (Å²) in [4.78, 5) is 22.5. The summed E-state index contributed by atoms with van der Waals surface area (Å²) in [6.45, 7) is 2.61. The molecule has 0 aliphatic heterocycles. The molecule has 0 aliphatic carbocycles. The van der Waals surface area contributed by atoms with Crippen molar-refractivity contribution in [3.63, 3.8) is 0 Å². The number of amides is 2. The molecular formula is C17H26N2O4. The lowest BCUT2D eigenvalue weighted by molar-refractivity contribution is -0.121. The van der Waals surface area contributed by atoms with Crippen LogP contribution in [0.3, 0.4) is 0 Å². The van der Waals surface area contributed by atoms with Gasteiger partial charge in [-0.3, -0.25) is 9.59 Å². The van der Waals surface area contributed by atoms with Crippen LogP contribution in [-0.4, -0.2) is 32.6 Å². The van der Waals surface area contributed by atoms with E-state index in [0.717, 1.165) is 24.8 Å². The zero-order valence-corrected chi connectivity index (χ0v) is 14.1. The first kappa shape index (κ1) is 18.8. The van der Waals surface area contributed by atoms with Crippen molar-refractivity contribution >= 4 is 11.8 Å². The standard InChI is InChI=1S/C17H26N2O4/c1-13(20)18-8-6-4-5-7-17(21)19-12-14-9-15(22-2)11-16(10-14)23-3/h9-11H,4-8,12H2,1-3H3,(H,18,20)(H,19,21). The first-order valence-corrected chi connectivity index (χ1v) is 7.78. The van der Waals surface area contributed by atoms with Gasteiger partial charge in [-0.15, -0.1) is 0 Å².